The van der Waals surface area contributed by atoms with Crippen molar-refractivity contribution in [2.75, 3.05) is 26.3 Å². The smallest absolute Gasteiger partial charge is 0.243 e. The molecule has 0 bridgehead atoms. The van der Waals surface area contributed by atoms with Gasteiger partial charge in [-0.1, -0.05) is 29.8 Å². The van der Waals surface area contributed by atoms with Crippen molar-refractivity contribution in [3.63, 3.8) is 0 Å². The Labute approximate surface area is 188 Å². The molecule has 1 N–H and O–H groups in total. The third-order valence-corrected chi connectivity index (χ3v) is 7.63. The first-order chi connectivity index (χ1) is 15.3. The van der Waals surface area contributed by atoms with E-state index in [1.807, 2.05) is 42.8 Å². The summed E-state index contributed by atoms with van der Waals surface area (Å²) in [6.07, 6.45) is 0.776. The van der Waals surface area contributed by atoms with Crippen molar-refractivity contribution in [1.29, 1.82) is 0 Å². The second-order valence-corrected chi connectivity index (χ2v) is 9.95. The standard InChI is InChI=1S/C23H28N4O4S/c1-17-3-5-18(6-4-17)16-24-23(28)10-9-22-25-20-15-19(7-8-21(20)26(22)2)32(29,30)27-11-13-31-14-12-27/h3-8,15H,9-14,16H2,1-2H3,(H,24,28). The van der Waals surface area contributed by atoms with Gasteiger partial charge in [0.1, 0.15) is 5.82 Å². The number of benzene rings is 2. The van der Waals surface area contributed by atoms with Crippen LogP contribution >= 0.6 is 0 Å². The van der Waals surface area contributed by atoms with E-state index in [0.29, 0.717) is 51.2 Å². The highest BCUT2D eigenvalue weighted by atomic mass is 32.2. The molecule has 0 aliphatic carbocycles. The van der Waals surface area contributed by atoms with Crippen molar-refractivity contribution in [1.82, 2.24) is 19.2 Å². The maximum atomic E-state index is 12.9. The van der Waals surface area contributed by atoms with Crippen molar-refractivity contribution in [2.24, 2.45) is 7.05 Å². The van der Waals surface area contributed by atoms with Gasteiger partial charge in [0.2, 0.25) is 15.9 Å². The molecule has 0 radical (unpaired) electrons. The summed E-state index contributed by atoms with van der Waals surface area (Å²) < 4.78 is 34.5. The maximum Gasteiger partial charge on any atom is 0.243 e. The van der Waals surface area contributed by atoms with E-state index in [9.17, 15) is 13.2 Å². The Morgan fingerprint density at radius 2 is 1.84 bits per heavy atom. The number of aromatic nitrogens is 2. The molecule has 1 amide bonds. The molecule has 0 spiro atoms. The second-order valence-electron chi connectivity index (χ2n) is 8.02. The number of hydrogen-bond donors (Lipinski definition) is 1. The van der Waals surface area contributed by atoms with Crippen LogP contribution in [0.1, 0.15) is 23.4 Å². The fraction of sp³-hybridized carbons (Fsp3) is 0.391. The average molecular weight is 457 g/mol. The lowest BCUT2D eigenvalue weighted by Crippen LogP contribution is -2.40. The van der Waals surface area contributed by atoms with Gasteiger partial charge in [-0.15, -0.1) is 0 Å². The van der Waals surface area contributed by atoms with Crippen LogP contribution in [0.15, 0.2) is 47.4 Å². The number of hydrogen-bond acceptors (Lipinski definition) is 5. The molecule has 1 aliphatic heterocycles. The van der Waals surface area contributed by atoms with Gasteiger partial charge < -0.3 is 14.6 Å². The summed E-state index contributed by atoms with van der Waals surface area (Å²) in [6.45, 7) is 4.03. The third-order valence-electron chi connectivity index (χ3n) is 5.74. The molecule has 32 heavy (non-hydrogen) atoms. The first-order valence-electron chi connectivity index (χ1n) is 10.7. The zero-order valence-corrected chi connectivity index (χ0v) is 19.2. The van der Waals surface area contributed by atoms with E-state index in [1.54, 1.807) is 18.2 Å². The third kappa shape index (κ3) is 4.85. The second kappa shape index (κ2) is 9.40. The summed E-state index contributed by atoms with van der Waals surface area (Å²) in [5.41, 5.74) is 3.68. The van der Waals surface area contributed by atoms with Crippen LogP contribution in [0.4, 0.5) is 0 Å². The number of aryl methyl sites for hydroxylation is 3. The summed E-state index contributed by atoms with van der Waals surface area (Å²) >= 11 is 0. The number of morpholine rings is 1. The topological polar surface area (TPSA) is 93.5 Å². The molecule has 0 unspecified atom stereocenters. The van der Waals surface area contributed by atoms with Crippen molar-refractivity contribution < 1.29 is 17.9 Å². The summed E-state index contributed by atoms with van der Waals surface area (Å²) in [5, 5.41) is 2.94. The van der Waals surface area contributed by atoms with Crippen LogP contribution < -0.4 is 5.32 Å². The monoisotopic (exact) mass is 456 g/mol. The van der Waals surface area contributed by atoms with Crippen molar-refractivity contribution in [2.45, 2.75) is 31.2 Å². The van der Waals surface area contributed by atoms with Gasteiger partial charge in [0.05, 0.1) is 29.1 Å². The Kier molecular flexibility index (Phi) is 6.59. The van der Waals surface area contributed by atoms with Gasteiger partial charge in [0.15, 0.2) is 0 Å². The Hall–Kier alpha value is -2.75. The number of carbonyl (C=O) groups is 1. The first-order valence-corrected chi connectivity index (χ1v) is 12.1. The van der Waals surface area contributed by atoms with E-state index in [4.69, 9.17) is 4.74 Å². The van der Waals surface area contributed by atoms with E-state index in [1.165, 1.54) is 9.87 Å². The maximum absolute atomic E-state index is 12.9. The van der Waals surface area contributed by atoms with E-state index < -0.39 is 10.0 Å². The van der Waals surface area contributed by atoms with Crippen LogP contribution in [0.25, 0.3) is 11.0 Å². The van der Waals surface area contributed by atoms with Crippen LogP contribution in [0.5, 0.6) is 0 Å². The number of nitrogens with one attached hydrogen (secondary N) is 1. The first kappa shape index (κ1) is 22.4. The van der Waals surface area contributed by atoms with Crippen molar-refractivity contribution >= 4 is 27.0 Å². The lowest BCUT2D eigenvalue weighted by Gasteiger charge is -2.26. The molecule has 170 valence electrons. The molecule has 3 aromatic rings. The molecule has 0 saturated carbocycles. The minimum absolute atomic E-state index is 0.0479. The molecule has 2 heterocycles. The normalized spacial score (nSPS) is 15.2. The lowest BCUT2D eigenvalue weighted by atomic mass is 10.1. The van der Waals surface area contributed by atoms with E-state index in [0.717, 1.165) is 16.9 Å². The predicted octanol–water partition coefficient (Wildman–Crippen LogP) is 2.15. The Morgan fingerprint density at radius 3 is 2.56 bits per heavy atom. The Balaban J connectivity index is 1.42. The molecular formula is C23H28N4O4S. The van der Waals surface area contributed by atoms with Gasteiger partial charge in [0, 0.05) is 39.5 Å². The Morgan fingerprint density at radius 1 is 1.12 bits per heavy atom. The van der Waals surface area contributed by atoms with Crippen LogP contribution in [0, 0.1) is 6.92 Å². The van der Waals surface area contributed by atoms with Crippen molar-refractivity contribution in [3.8, 4) is 0 Å². The molecule has 4 rings (SSSR count). The number of nitrogens with zero attached hydrogens (tertiary/aromatic N) is 3. The van der Waals surface area contributed by atoms with E-state index >= 15 is 0 Å². The largest absolute Gasteiger partial charge is 0.379 e. The van der Waals surface area contributed by atoms with Crippen LogP contribution in [-0.2, 0) is 39.6 Å². The number of fused-ring (bicyclic) bond motifs is 1. The molecule has 1 saturated heterocycles. The summed E-state index contributed by atoms with van der Waals surface area (Å²) in [4.78, 5) is 17.1. The highest BCUT2D eigenvalue weighted by Crippen LogP contribution is 2.23. The average Bonchev–Trinajstić information content (AvgIpc) is 3.12. The van der Waals surface area contributed by atoms with Gasteiger partial charge >= 0.3 is 0 Å². The zero-order valence-electron chi connectivity index (χ0n) is 18.4. The molecule has 1 fully saturated rings. The number of sulfonamides is 1. The molecule has 1 aromatic heterocycles. The van der Waals surface area contributed by atoms with Crippen LogP contribution in [-0.4, -0.2) is 54.5 Å². The fourth-order valence-electron chi connectivity index (χ4n) is 3.77. The minimum atomic E-state index is -3.58. The quantitative estimate of drug-likeness (QED) is 0.588. The van der Waals surface area contributed by atoms with Gasteiger partial charge in [-0.25, -0.2) is 13.4 Å². The number of ether oxygens (including phenoxy) is 1. The SMILES string of the molecule is Cc1ccc(CNC(=O)CCc2nc3cc(S(=O)(=O)N4CCOCC4)ccc3n2C)cc1. The number of rotatable bonds is 7. The highest BCUT2D eigenvalue weighted by molar-refractivity contribution is 7.89. The molecule has 0 atom stereocenters. The minimum Gasteiger partial charge on any atom is -0.379 e. The highest BCUT2D eigenvalue weighted by Gasteiger charge is 2.27. The lowest BCUT2D eigenvalue weighted by molar-refractivity contribution is -0.121. The predicted molar refractivity (Wildman–Crippen MR) is 122 cm³/mol. The van der Waals surface area contributed by atoms with Gasteiger partial charge in [-0.05, 0) is 30.7 Å². The molecular weight excluding hydrogens is 428 g/mol. The van der Waals surface area contributed by atoms with E-state index in [2.05, 4.69) is 10.3 Å². The molecule has 1 aliphatic rings. The van der Waals surface area contributed by atoms with Gasteiger partial charge in [0.25, 0.3) is 0 Å². The van der Waals surface area contributed by atoms with Gasteiger partial charge in [-0.2, -0.15) is 4.31 Å². The fourth-order valence-corrected chi connectivity index (χ4v) is 5.20. The zero-order chi connectivity index (χ0) is 22.7. The Bertz CT molecular complexity index is 1210. The number of imidazole rings is 1. The number of carbonyl (C=O) groups excluding carboxylic acids is 1. The summed E-state index contributed by atoms with van der Waals surface area (Å²) in [7, 11) is -1.70. The van der Waals surface area contributed by atoms with Gasteiger partial charge in [-0.3, -0.25) is 4.79 Å². The van der Waals surface area contributed by atoms with Crippen LogP contribution in [0.2, 0.25) is 0 Å². The molecule has 8 nitrogen and oxygen atoms in total. The summed E-state index contributed by atoms with van der Waals surface area (Å²) in [5.74, 6) is 0.694. The van der Waals surface area contributed by atoms with Crippen LogP contribution in [0.3, 0.4) is 0 Å². The number of amides is 1. The van der Waals surface area contributed by atoms with Crippen molar-refractivity contribution in [3.05, 3.63) is 59.4 Å². The van der Waals surface area contributed by atoms with E-state index in [-0.39, 0.29) is 10.8 Å². The molecule has 9 heteroatoms. The summed E-state index contributed by atoms with van der Waals surface area (Å²) in [6, 6.07) is 13.1. The molecule has 2 aromatic carbocycles.